The van der Waals surface area contributed by atoms with E-state index in [9.17, 15) is 4.79 Å². The minimum absolute atomic E-state index is 0.0162. The SMILES string of the molecule is O=C(CSc1ccncc1)NCC1Cc2cc(Cl)cc(-c3ccc4[nH]ccc4c3)c2O1. The maximum Gasteiger partial charge on any atom is 0.230 e. The van der Waals surface area contributed by atoms with Crippen LogP contribution in [-0.4, -0.2) is 34.3 Å². The molecule has 7 heteroatoms. The van der Waals surface area contributed by atoms with Crippen molar-refractivity contribution in [1.29, 1.82) is 0 Å². The zero-order valence-electron chi connectivity index (χ0n) is 16.6. The smallest absolute Gasteiger partial charge is 0.230 e. The fourth-order valence-electron chi connectivity index (χ4n) is 3.81. The Morgan fingerprint density at radius 3 is 2.94 bits per heavy atom. The van der Waals surface area contributed by atoms with Crippen molar-refractivity contribution in [3.63, 3.8) is 0 Å². The van der Waals surface area contributed by atoms with Crippen LogP contribution < -0.4 is 10.1 Å². The number of pyridine rings is 1. The summed E-state index contributed by atoms with van der Waals surface area (Å²) in [6.45, 7) is 0.457. The highest BCUT2D eigenvalue weighted by atomic mass is 35.5. The molecule has 1 aliphatic heterocycles. The Labute approximate surface area is 189 Å². The number of aromatic nitrogens is 2. The first-order chi connectivity index (χ1) is 15.2. The highest BCUT2D eigenvalue weighted by Crippen LogP contribution is 2.41. The van der Waals surface area contributed by atoms with E-state index in [-0.39, 0.29) is 12.0 Å². The van der Waals surface area contributed by atoms with Crippen molar-refractivity contribution >= 4 is 40.2 Å². The first-order valence-corrected chi connectivity index (χ1v) is 11.4. The summed E-state index contributed by atoms with van der Waals surface area (Å²) < 4.78 is 6.26. The standard InChI is InChI=1S/C24H20ClN3O2S/c25-18-10-17-11-19(13-28-23(29)14-31-20-4-6-26-7-5-20)30-24(17)21(12-18)15-1-2-22-16(9-15)3-8-27-22/h1-10,12,19,27H,11,13-14H2,(H,28,29). The van der Waals surface area contributed by atoms with Gasteiger partial charge in [0.1, 0.15) is 11.9 Å². The van der Waals surface area contributed by atoms with E-state index in [1.54, 1.807) is 12.4 Å². The van der Waals surface area contributed by atoms with Gasteiger partial charge in [-0.15, -0.1) is 11.8 Å². The maximum atomic E-state index is 12.3. The van der Waals surface area contributed by atoms with E-state index in [1.807, 2.05) is 36.5 Å². The van der Waals surface area contributed by atoms with Gasteiger partial charge in [0.15, 0.2) is 0 Å². The highest BCUT2D eigenvalue weighted by molar-refractivity contribution is 8.00. The second kappa shape index (κ2) is 8.65. The van der Waals surface area contributed by atoms with Gasteiger partial charge >= 0.3 is 0 Å². The van der Waals surface area contributed by atoms with Crippen LogP contribution in [0.1, 0.15) is 5.56 Å². The summed E-state index contributed by atoms with van der Waals surface area (Å²) in [5.41, 5.74) is 4.20. The van der Waals surface area contributed by atoms with Gasteiger partial charge in [0, 0.05) is 51.6 Å². The van der Waals surface area contributed by atoms with Gasteiger partial charge < -0.3 is 15.0 Å². The molecule has 1 amide bonds. The molecular formula is C24H20ClN3O2S. The van der Waals surface area contributed by atoms with E-state index in [0.717, 1.165) is 38.2 Å². The molecule has 1 aliphatic rings. The van der Waals surface area contributed by atoms with Crippen LogP contribution in [0.2, 0.25) is 5.02 Å². The molecule has 1 unspecified atom stereocenters. The molecule has 0 spiro atoms. The Bertz CT molecular complexity index is 1240. The summed E-state index contributed by atoms with van der Waals surface area (Å²) in [5.74, 6) is 1.19. The average Bonchev–Trinajstić information content (AvgIpc) is 3.42. The molecule has 1 atom stereocenters. The fraction of sp³-hybridized carbons (Fsp3) is 0.167. The number of thioether (sulfide) groups is 1. The van der Waals surface area contributed by atoms with Gasteiger partial charge in [-0.05, 0) is 53.4 Å². The summed E-state index contributed by atoms with van der Waals surface area (Å²) in [7, 11) is 0. The monoisotopic (exact) mass is 449 g/mol. The molecule has 0 aliphatic carbocycles. The molecule has 0 saturated carbocycles. The highest BCUT2D eigenvalue weighted by Gasteiger charge is 2.27. The van der Waals surface area contributed by atoms with E-state index in [2.05, 4.69) is 33.5 Å². The number of carbonyl (C=O) groups excluding carboxylic acids is 1. The zero-order valence-corrected chi connectivity index (χ0v) is 18.2. The van der Waals surface area contributed by atoms with Crippen molar-refractivity contribution in [2.24, 2.45) is 0 Å². The van der Waals surface area contributed by atoms with Crippen molar-refractivity contribution in [3.05, 3.63) is 77.7 Å². The lowest BCUT2D eigenvalue weighted by Gasteiger charge is -2.14. The number of rotatable bonds is 6. The molecule has 0 radical (unpaired) electrons. The number of benzene rings is 2. The number of aromatic amines is 1. The van der Waals surface area contributed by atoms with Gasteiger partial charge in [-0.1, -0.05) is 17.7 Å². The quantitative estimate of drug-likeness (QED) is 0.402. The second-order valence-electron chi connectivity index (χ2n) is 7.44. The molecule has 156 valence electrons. The Morgan fingerprint density at radius 2 is 2.06 bits per heavy atom. The molecule has 0 saturated heterocycles. The lowest BCUT2D eigenvalue weighted by molar-refractivity contribution is -0.118. The Hall–Kier alpha value is -2.96. The number of amides is 1. The van der Waals surface area contributed by atoms with Crippen molar-refractivity contribution in [2.75, 3.05) is 12.3 Å². The molecule has 5 rings (SSSR count). The van der Waals surface area contributed by atoms with Gasteiger partial charge in [0.05, 0.1) is 12.3 Å². The normalized spacial score (nSPS) is 14.9. The number of hydrogen-bond acceptors (Lipinski definition) is 4. The van der Waals surface area contributed by atoms with Crippen LogP contribution in [0.15, 0.2) is 72.0 Å². The predicted molar refractivity (Wildman–Crippen MR) is 125 cm³/mol. The van der Waals surface area contributed by atoms with Gasteiger partial charge in [0.2, 0.25) is 5.91 Å². The molecule has 2 aromatic carbocycles. The number of nitrogens with one attached hydrogen (secondary N) is 2. The number of nitrogens with zero attached hydrogens (tertiary/aromatic N) is 1. The van der Waals surface area contributed by atoms with E-state index in [4.69, 9.17) is 16.3 Å². The molecule has 2 aromatic heterocycles. The third-order valence-electron chi connectivity index (χ3n) is 5.27. The van der Waals surface area contributed by atoms with Crippen molar-refractivity contribution in [2.45, 2.75) is 17.4 Å². The Kier molecular flexibility index (Phi) is 5.57. The van der Waals surface area contributed by atoms with Crippen molar-refractivity contribution in [1.82, 2.24) is 15.3 Å². The molecule has 3 heterocycles. The van der Waals surface area contributed by atoms with E-state index in [1.165, 1.54) is 11.8 Å². The summed E-state index contributed by atoms with van der Waals surface area (Å²) >= 11 is 7.90. The van der Waals surface area contributed by atoms with Crippen molar-refractivity contribution < 1.29 is 9.53 Å². The molecule has 4 aromatic rings. The molecule has 31 heavy (non-hydrogen) atoms. The van der Waals surface area contributed by atoms with Gasteiger partial charge in [-0.2, -0.15) is 0 Å². The number of hydrogen-bond donors (Lipinski definition) is 2. The first-order valence-electron chi connectivity index (χ1n) is 10.0. The van der Waals surface area contributed by atoms with Gasteiger partial charge in [-0.3, -0.25) is 9.78 Å². The molecule has 2 N–H and O–H groups in total. The van der Waals surface area contributed by atoms with Crippen LogP contribution in [0.3, 0.4) is 0 Å². The Morgan fingerprint density at radius 1 is 1.19 bits per heavy atom. The van der Waals surface area contributed by atoms with Crippen LogP contribution >= 0.6 is 23.4 Å². The minimum atomic E-state index is -0.113. The summed E-state index contributed by atoms with van der Waals surface area (Å²) in [4.78, 5) is 20.5. The van der Waals surface area contributed by atoms with Crippen LogP contribution in [0.25, 0.3) is 22.0 Å². The molecule has 0 fully saturated rings. The fourth-order valence-corrected chi connectivity index (χ4v) is 4.76. The van der Waals surface area contributed by atoms with E-state index >= 15 is 0 Å². The van der Waals surface area contributed by atoms with E-state index in [0.29, 0.717) is 23.7 Å². The second-order valence-corrected chi connectivity index (χ2v) is 8.93. The minimum Gasteiger partial charge on any atom is -0.487 e. The van der Waals surface area contributed by atoms with E-state index < -0.39 is 0 Å². The largest absolute Gasteiger partial charge is 0.487 e. The molecular weight excluding hydrogens is 430 g/mol. The predicted octanol–water partition coefficient (Wildman–Crippen LogP) is 5.10. The maximum absolute atomic E-state index is 12.3. The first kappa shape index (κ1) is 20.0. The van der Waals surface area contributed by atoms with Gasteiger partial charge in [0.25, 0.3) is 0 Å². The topological polar surface area (TPSA) is 67.0 Å². The number of ether oxygens (including phenoxy) is 1. The Balaban J connectivity index is 1.26. The molecule has 5 nitrogen and oxygen atoms in total. The van der Waals surface area contributed by atoms with Crippen LogP contribution in [0.5, 0.6) is 5.75 Å². The van der Waals surface area contributed by atoms with Gasteiger partial charge in [-0.25, -0.2) is 0 Å². The number of carbonyl (C=O) groups is 1. The third-order valence-corrected chi connectivity index (χ3v) is 6.50. The number of fused-ring (bicyclic) bond motifs is 2. The van der Waals surface area contributed by atoms with Crippen LogP contribution in [0, 0.1) is 0 Å². The zero-order chi connectivity index (χ0) is 21.2. The number of halogens is 1. The lowest BCUT2D eigenvalue weighted by atomic mass is 9.99. The third kappa shape index (κ3) is 4.40. The lowest BCUT2D eigenvalue weighted by Crippen LogP contribution is -2.35. The van der Waals surface area contributed by atoms with Crippen LogP contribution in [0.4, 0.5) is 0 Å². The summed E-state index contributed by atoms with van der Waals surface area (Å²) in [5, 5.41) is 4.81. The van der Waals surface area contributed by atoms with Crippen LogP contribution in [-0.2, 0) is 11.2 Å². The molecule has 0 bridgehead atoms. The number of H-pyrrole nitrogens is 1. The average molecular weight is 450 g/mol. The van der Waals surface area contributed by atoms with Crippen molar-refractivity contribution in [3.8, 4) is 16.9 Å². The summed E-state index contributed by atoms with van der Waals surface area (Å²) in [6, 6.07) is 16.0. The summed E-state index contributed by atoms with van der Waals surface area (Å²) in [6.07, 6.45) is 5.98.